The average molecular weight is 512 g/mol. The van der Waals surface area contributed by atoms with Crippen LogP contribution < -0.4 is 15.9 Å². The van der Waals surface area contributed by atoms with Crippen molar-refractivity contribution in [3.8, 4) is 23.0 Å². The predicted molar refractivity (Wildman–Crippen MR) is 132 cm³/mol. The van der Waals surface area contributed by atoms with Crippen molar-refractivity contribution in [2.45, 2.75) is 52.2 Å². The van der Waals surface area contributed by atoms with Gasteiger partial charge in [0.25, 0.3) is 11.1 Å². The second-order valence-corrected chi connectivity index (χ2v) is 15.6. The van der Waals surface area contributed by atoms with E-state index in [0.29, 0.717) is 23.5 Å². The summed E-state index contributed by atoms with van der Waals surface area (Å²) in [4.78, 5) is 24.2. The van der Waals surface area contributed by atoms with Crippen LogP contribution >= 0.6 is 23.2 Å². The lowest BCUT2D eigenvalue weighted by Crippen LogP contribution is -2.29. The quantitative estimate of drug-likeness (QED) is 0.291. The van der Waals surface area contributed by atoms with Crippen LogP contribution in [0.25, 0.3) is 11.3 Å². The Kier molecular flexibility index (Phi) is 7.89. The molecule has 33 heavy (non-hydrogen) atoms. The van der Waals surface area contributed by atoms with Crippen LogP contribution in [0.2, 0.25) is 35.7 Å². The third-order valence-electron chi connectivity index (χ3n) is 4.82. The van der Waals surface area contributed by atoms with Crippen molar-refractivity contribution in [1.29, 1.82) is 0 Å². The summed E-state index contributed by atoms with van der Waals surface area (Å²) in [5.74, 6) is 0.573. The van der Waals surface area contributed by atoms with Crippen molar-refractivity contribution < 1.29 is 14.0 Å². The zero-order valence-corrected chi connectivity index (χ0v) is 21.7. The largest absolute Gasteiger partial charge is 0.434 e. The van der Waals surface area contributed by atoms with Crippen molar-refractivity contribution in [3.63, 3.8) is 0 Å². The van der Waals surface area contributed by atoms with E-state index in [-0.39, 0.29) is 45.4 Å². The van der Waals surface area contributed by atoms with Crippen LogP contribution in [-0.4, -0.2) is 29.6 Å². The van der Waals surface area contributed by atoms with E-state index in [4.69, 9.17) is 37.2 Å². The molecule has 0 radical (unpaired) electrons. The summed E-state index contributed by atoms with van der Waals surface area (Å²) < 4.78 is 18.0. The maximum atomic E-state index is 12.8. The summed E-state index contributed by atoms with van der Waals surface area (Å²) >= 11 is 12.8. The third kappa shape index (κ3) is 6.60. The standard InChI is InChI=1S/C22H27Cl2N3O5Si/c1-13(2)15-10-20(25-27(22(15)29)12-30-6-7-33(3,4)5)31-21-16(23)8-14(9-17(21)24)18-11-19(28)26-32-18/h8-11,13H,6-7,12H2,1-5H3,(H,26,28). The molecule has 3 rings (SSSR count). The Bertz CT molecular complexity index is 1220. The molecule has 2 heterocycles. The van der Waals surface area contributed by atoms with E-state index in [1.165, 1.54) is 10.7 Å². The first kappa shape index (κ1) is 25.3. The van der Waals surface area contributed by atoms with Gasteiger partial charge >= 0.3 is 0 Å². The highest BCUT2D eigenvalue weighted by Crippen LogP contribution is 2.39. The van der Waals surface area contributed by atoms with E-state index in [9.17, 15) is 9.59 Å². The van der Waals surface area contributed by atoms with E-state index in [2.05, 4.69) is 29.9 Å². The normalized spacial score (nSPS) is 11.9. The molecule has 0 amide bonds. The Balaban J connectivity index is 1.89. The van der Waals surface area contributed by atoms with Crippen LogP contribution in [0.1, 0.15) is 25.3 Å². The van der Waals surface area contributed by atoms with Crippen LogP contribution in [0, 0.1) is 0 Å². The van der Waals surface area contributed by atoms with Crippen LogP contribution in [0.5, 0.6) is 11.6 Å². The topological polar surface area (TPSA) is 99.4 Å². The monoisotopic (exact) mass is 511 g/mol. The molecule has 3 aromatic rings. The van der Waals surface area contributed by atoms with Gasteiger partial charge in [0.15, 0.2) is 11.5 Å². The van der Waals surface area contributed by atoms with Crippen LogP contribution in [0.3, 0.4) is 0 Å². The van der Waals surface area contributed by atoms with Crippen LogP contribution in [0.15, 0.2) is 38.4 Å². The van der Waals surface area contributed by atoms with E-state index in [0.717, 1.165) is 6.04 Å². The molecule has 0 unspecified atom stereocenters. The predicted octanol–water partition coefficient (Wildman–Crippen LogP) is 5.73. The SMILES string of the molecule is CC(C)c1cc(Oc2c(Cl)cc(-c3cc(=O)[nH]o3)cc2Cl)nn(COCC[Si](C)(C)C)c1=O. The molecule has 0 fully saturated rings. The molecule has 0 atom stereocenters. The summed E-state index contributed by atoms with van der Waals surface area (Å²) in [6, 6.07) is 6.98. The minimum Gasteiger partial charge on any atom is -0.434 e. The highest BCUT2D eigenvalue weighted by atomic mass is 35.5. The molecule has 0 spiro atoms. The molecule has 0 saturated carbocycles. The molecule has 8 nitrogen and oxygen atoms in total. The maximum Gasteiger partial charge on any atom is 0.280 e. The average Bonchev–Trinajstić information content (AvgIpc) is 3.15. The molecular weight excluding hydrogens is 485 g/mol. The first-order valence-corrected chi connectivity index (χ1v) is 15.0. The summed E-state index contributed by atoms with van der Waals surface area (Å²) in [5, 5.41) is 6.90. The Morgan fingerprint density at radius 1 is 1.12 bits per heavy atom. The van der Waals surface area contributed by atoms with Gasteiger partial charge in [-0.05, 0) is 24.1 Å². The maximum absolute atomic E-state index is 12.8. The van der Waals surface area contributed by atoms with Crippen molar-refractivity contribution in [3.05, 3.63) is 60.6 Å². The fraction of sp³-hybridized carbons (Fsp3) is 0.409. The lowest BCUT2D eigenvalue weighted by molar-refractivity contribution is 0.0734. The van der Waals surface area contributed by atoms with Gasteiger partial charge in [-0.25, -0.2) is 0 Å². The van der Waals surface area contributed by atoms with E-state index < -0.39 is 8.07 Å². The van der Waals surface area contributed by atoms with Gasteiger partial charge in [-0.1, -0.05) is 56.7 Å². The number of halogens is 2. The van der Waals surface area contributed by atoms with E-state index in [1.807, 2.05) is 13.8 Å². The minimum absolute atomic E-state index is 0.0210. The smallest absolute Gasteiger partial charge is 0.280 e. The van der Waals surface area contributed by atoms with Gasteiger partial charge in [-0.2, -0.15) is 9.84 Å². The molecular formula is C22H27Cl2N3O5Si. The van der Waals surface area contributed by atoms with Gasteiger partial charge in [0.2, 0.25) is 5.88 Å². The molecule has 0 aliphatic rings. The number of rotatable bonds is 9. The zero-order chi connectivity index (χ0) is 24.3. The fourth-order valence-electron chi connectivity index (χ4n) is 2.95. The Hall–Kier alpha value is -2.33. The van der Waals surface area contributed by atoms with Crippen molar-refractivity contribution in [1.82, 2.24) is 14.9 Å². The molecule has 0 saturated heterocycles. The molecule has 0 bridgehead atoms. The van der Waals surface area contributed by atoms with Gasteiger partial charge in [0.05, 0.1) is 16.1 Å². The fourth-order valence-corrected chi connectivity index (χ4v) is 4.27. The van der Waals surface area contributed by atoms with E-state index in [1.54, 1.807) is 18.2 Å². The number of aromatic amines is 1. The summed E-state index contributed by atoms with van der Waals surface area (Å²) in [6.45, 7) is 11.2. The summed E-state index contributed by atoms with van der Waals surface area (Å²) in [5.41, 5.74) is 0.428. The summed E-state index contributed by atoms with van der Waals surface area (Å²) in [7, 11) is -1.25. The van der Waals surface area contributed by atoms with Gasteiger partial charge < -0.3 is 14.0 Å². The number of hydrogen-bond acceptors (Lipinski definition) is 6. The molecule has 0 aliphatic carbocycles. The highest BCUT2D eigenvalue weighted by Gasteiger charge is 2.18. The molecule has 1 aromatic carbocycles. The molecule has 1 N–H and O–H groups in total. The molecule has 178 valence electrons. The molecule has 2 aromatic heterocycles. The highest BCUT2D eigenvalue weighted by molar-refractivity contribution is 6.76. The van der Waals surface area contributed by atoms with Gasteiger partial charge in [-0.15, -0.1) is 5.10 Å². The van der Waals surface area contributed by atoms with Gasteiger partial charge in [-0.3, -0.25) is 9.59 Å². The van der Waals surface area contributed by atoms with E-state index >= 15 is 0 Å². The first-order chi connectivity index (χ1) is 15.4. The van der Waals surface area contributed by atoms with Crippen molar-refractivity contribution in [2.24, 2.45) is 0 Å². The zero-order valence-electron chi connectivity index (χ0n) is 19.2. The number of benzene rings is 1. The number of H-pyrrole nitrogens is 1. The second kappa shape index (κ2) is 10.3. The van der Waals surface area contributed by atoms with Gasteiger partial charge in [0, 0.05) is 31.9 Å². The first-order valence-electron chi connectivity index (χ1n) is 10.5. The lowest BCUT2D eigenvalue weighted by atomic mass is 10.1. The van der Waals surface area contributed by atoms with Crippen LogP contribution in [-0.2, 0) is 11.5 Å². The number of ether oxygens (including phenoxy) is 2. The number of nitrogens with zero attached hydrogens (tertiary/aromatic N) is 2. The Morgan fingerprint density at radius 2 is 1.79 bits per heavy atom. The molecule has 11 heteroatoms. The number of hydrogen-bond donors (Lipinski definition) is 1. The van der Waals surface area contributed by atoms with Crippen molar-refractivity contribution >= 4 is 31.3 Å². The Morgan fingerprint density at radius 3 is 2.33 bits per heavy atom. The Labute approximate surface area is 202 Å². The second-order valence-electron chi connectivity index (χ2n) is 9.19. The van der Waals surface area contributed by atoms with Gasteiger partial charge in [0.1, 0.15) is 6.73 Å². The number of nitrogens with one attached hydrogen (secondary N) is 1. The molecule has 0 aliphatic heterocycles. The number of aromatic nitrogens is 3. The minimum atomic E-state index is -1.25. The third-order valence-corrected chi connectivity index (χ3v) is 7.09. The summed E-state index contributed by atoms with van der Waals surface area (Å²) in [6.07, 6.45) is 0. The lowest BCUT2D eigenvalue weighted by Gasteiger charge is -2.17. The van der Waals surface area contributed by atoms with Crippen molar-refractivity contribution in [2.75, 3.05) is 6.61 Å². The van der Waals surface area contributed by atoms with Crippen LogP contribution in [0.4, 0.5) is 0 Å².